The Hall–Kier alpha value is -3.52. The number of nitrogens with zero attached hydrogens (tertiary/aromatic N) is 1. The highest BCUT2D eigenvalue weighted by Gasteiger charge is 2.63. The molecule has 1 aliphatic rings. The summed E-state index contributed by atoms with van der Waals surface area (Å²) in [6.07, 6.45) is -1.89. The number of benzene rings is 1. The fraction of sp³-hybridized carbons (Fsp3) is 0.522. The Kier molecular flexibility index (Phi) is 8.11. The highest BCUT2D eigenvalue weighted by Crippen LogP contribution is 2.47. The van der Waals surface area contributed by atoms with Crippen LogP contribution in [0.2, 0.25) is 0 Å². The van der Waals surface area contributed by atoms with Crippen LogP contribution in [0.4, 0.5) is 4.79 Å². The van der Waals surface area contributed by atoms with Gasteiger partial charge in [-0.05, 0) is 41.0 Å². The highest BCUT2D eigenvalue weighted by atomic mass is 16.7. The van der Waals surface area contributed by atoms with Crippen molar-refractivity contribution >= 4 is 30.0 Å². The largest absolute Gasteiger partial charge is 0.461 e. The molecule has 10 heteroatoms. The highest BCUT2D eigenvalue weighted by molar-refractivity contribution is 6.25. The van der Waals surface area contributed by atoms with E-state index in [1.807, 2.05) is 0 Å². The third-order valence-corrected chi connectivity index (χ3v) is 4.91. The van der Waals surface area contributed by atoms with E-state index in [0.29, 0.717) is 5.56 Å². The Bertz CT molecular complexity index is 949. The zero-order valence-electron chi connectivity index (χ0n) is 19.4. The molecule has 0 bridgehead atoms. The second-order valence-electron chi connectivity index (χ2n) is 9.18. The predicted octanol–water partition coefficient (Wildman–Crippen LogP) is 2.98. The van der Waals surface area contributed by atoms with Crippen molar-refractivity contribution in [3.63, 3.8) is 0 Å². The first-order valence-electron chi connectivity index (χ1n) is 10.6. The van der Waals surface area contributed by atoms with Crippen LogP contribution in [0.3, 0.4) is 0 Å². The van der Waals surface area contributed by atoms with Crippen molar-refractivity contribution in [2.24, 2.45) is 11.3 Å². The van der Waals surface area contributed by atoms with Crippen LogP contribution in [0.15, 0.2) is 30.3 Å². The normalized spacial score (nSPS) is 20.1. The molecule has 0 aromatic heterocycles. The standard InChI is InChI=1S/C23H29N3O7/c1-14(2)31-20(29)23(12-16(23)11-17(27)13-25-24)26-21(30)33-18(15-9-7-6-8-10-15)32-19(28)22(3,4)5/h6-10,13-14,16,18,24H,11-12H2,1-5H3/p+1. The van der Waals surface area contributed by atoms with Crippen molar-refractivity contribution in [2.75, 3.05) is 0 Å². The number of carbonyl (C=O) groups excluding carboxylic acids is 4. The van der Waals surface area contributed by atoms with Crippen LogP contribution >= 0.6 is 0 Å². The number of carbonyl (C=O) groups is 4. The lowest BCUT2D eigenvalue weighted by Gasteiger charge is -2.25. The minimum Gasteiger partial charge on any atom is -0.461 e. The van der Waals surface area contributed by atoms with Gasteiger partial charge in [0.05, 0.1) is 21.8 Å². The molecule has 1 amide bonds. The summed E-state index contributed by atoms with van der Waals surface area (Å²) in [6.45, 7) is 8.33. The SMILES string of the molecule is CC(C)OC(=O)C1(NC(=O)OC(OC(=O)C(C)(C)C)c2ccccc2)CC1CC(=O)C=[N+]=N. The van der Waals surface area contributed by atoms with Gasteiger partial charge in [-0.3, -0.25) is 9.59 Å². The lowest BCUT2D eigenvalue weighted by molar-refractivity contribution is -0.179. The average molecular weight is 461 g/mol. The van der Waals surface area contributed by atoms with E-state index in [4.69, 9.17) is 19.7 Å². The van der Waals surface area contributed by atoms with Crippen LogP contribution < -0.4 is 5.32 Å². The van der Waals surface area contributed by atoms with Crippen molar-refractivity contribution in [1.82, 2.24) is 5.32 Å². The first kappa shape index (κ1) is 25.7. The van der Waals surface area contributed by atoms with Crippen LogP contribution in [0.5, 0.6) is 0 Å². The van der Waals surface area contributed by atoms with E-state index < -0.39 is 53.1 Å². The molecule has 0 radical (unpaired) electrons. The van der Waals surface area contributed by atoms with Gasteiger partial charge in [-0.15, -0.1) is 0 Å². The second-order valence-corrected chi connectivity index (χ2v) is 9.18. The Morgan fingerprint density at radius 3 is 2.33 bits per heavy atom. The maximum absolute atomic E-state index is 12.8. The summed E-state index contributed by atoms with van der Waals surface area (Å²) >= 11 is 0. The maximum Gasteiger partial charge on any atom is 0.411 e. The molecule has 0 spiro atoms. The number of ketones is 1. The lowest BCUT2D eigenvalue weighted by atomic mass is 9.97. The van der Waals surface area contributed by atoms with Gasteiger partial charge < -0.3 is 19.5 Å². The molecule has 3 unspecified atom stereocenters. The number of ether oxygens (including phenoxy) is 3. The van der Waals surface area contributed by atoms with Gasteiger partial charge in [-0.1, -0.05) is 30.3 Å². The maximum atomic E-state index is 12.8. The minimum absolute atomic E-state index is 0.100. The first-order valence-corrected chi connectivity index (χ1v) is 10.6. The molecule has 1 saturated carbocycles. The molecular weight excluding hydrogens is 430 g/mol. The molecule has 1 aliphatic carbocycles. The van der Waals surface area contributed by atoms with Gasteiger partial charge >= 0.3 is 24.2 Å². The Morgan fingerprint density at radius 2 is 1.79 bits per heavy atom. The number of esters is 2. The Labute approximate surface area is 192 Å². The van der Waals surface area contributed by atoms with Gasteiger partial charge in [0.15, 0.2) is 0 Å². The molecule has 2 N–H and O–H groups in total. The number of nitrogens with one attached hydrogen (secondary N) is 2. The molecule has 0 saturated heterocycles. The molecule has 33 heavy (non-hydrogen) atoms. The predicted molar refractivity (Wildman–Crippen MR) is 115 cm³/mol. The summed E-state index contributed by atoms with van der Waals surface area (Å²) in [5.41, 5.74) is 4.91. The zero-order valence-corrected chi connectivity index (χ0v) is 19.4. The van der Waals surface area contributed by atoms with Crippen molar-refractivity contribution in [3.8, 4) is 0 Å². The molecular formula is C23H30N3O7+. The summed E-state index contributed by atoms with van der Waals surface area (Å²) in [6, 6.07) is 8.43. The Balaban J connectivity index is 2.20. The van der Waals surface area contributed by atoms with Gasteiger partial charge in [-0.25, -0.2) is 9.59 Å². The molecule has 2 rings (SSSR count). The van der Waals surface area contributed by atoms with Crippen molar-refractivity contribution in [3.05, 3.63) is 35.9 Å². The Morgan fingerprint density at radius 1 is 1.15 bits per heavy atom. The van der Waals surface area contributed by atoms with Crippen LogP contribution in [0, 0.1) is 16.9 Å². The molecule has 3 atom stereocenters. The number of amides is 1. The first-order chi connectivity index (χ1) is 15.4. The van der Waals surface area contributed by atoms with Crippen LogP contribution in [-0.4, -0.2) is 46.5 Å². The van der Waals surface area contributed by atoms with E-state index in [-0.39, 0.29) is 12.8 Å². The number of alkyl carbamates (subject to hydrolysis) is 1. The summed E-state index contributed by atoms with van der Waals surface area (Å²) in [5.74, 6) is -2.28. The number of Topliss-reactive ketones (excluding diaryl/α,β-unsaturated/α-hetero) is 1. The third kappa shape index (κ3) is 6.98. The van der Waals surface area contributed by atoms with Gasteiger partial charge in [-0.2, -0.15) is 0 Å². The second kappa shape index (κ2) is 10.4. The summed E-state index contributed by atoms with van der Waals surface area (Å²) in [4.78, 5) is 52.7. The van der Waals surface area contributed by atoms with E-state index in [1.165, 1.54) is 0 Å². The number of hydrogen-bond donors (Lipinski definition) is 2. The van der Waals surface area contributed by atoms with Crippen molar-refractivity contribution in [1.29, 1.82) is 5.53 Å². The summed E-state index contributed by atoms with van der Waals surface area (Å²) in [5, 5.41) is 2.51. The monoisotopic (exact) mass is 460 g/mol. The average Bonchev–Trinajstić information content (AvgIpc) is 3.39. The molecule has 0 aliphatic heterocycles. The molecule has 1 aromatic rings. The molecule has 0 heterocycles. The smallest absolute Gasteiger partial charge is 0.411 e. The van der Waals surface area contributed by atoms with Crippen LogP contribution in [0.1, 0.15) is 59.3 Å². The fourth-order valence-electron chi connectivity index (χ4n) is 3.07. The van der Waals surface area contributed by atoms with Gasteiger partial charge in [0.25, 0.3) is 6.29 Å². The third-order valence-electron chi connectivity index (χ3n) is 4.91. The summed E-state index contributed by atoms with van der Waals surface area (Å²) in [7, 11) is 0. The summed E-state index contributed by atoms with van der Waals surface area (Å²) < 4.78 is 16.1. The quantitative estimate of drug-likeness (QED) is 0.189. The lowest BCUT2D eigenvalue weighted by Crippen LogP contribution is -2.47. The molecule has 1 fully saturated rings. The molecule has 10 nitrogen and oxygen atoms in total. The van der Waals surface area contributed by atoms with Crippen molar-refractivity contribution in [2.45, 2.75) is 65.4 Å². The fourth-order valence-corrected chi connectivity index (χ4v) is 3.07. The molecule has 178 valence electrons. The number of hydrogen-bond acceptors (Lipinski definition) is 8. The van der Waals surface area contributed by atoms with Crippen LogP contribution in [-0.2, 0) is 28.6 Å². The minimum atomic E-state index is -1.46. The van der Waals surface area contributed by atoms with Gasteiger partial charge in [0.1, 0.15) is 5.54 Å². The van der Waals surface area contributed by atoms with E-state index in [9.17, 15) is 19.2 Å². The zero-order chi connectivity index (χ0) is 24.8. The molecule has 1 aromatic carbocycles. The van der Waals surface area contributed by atoms with Crippen LogP contribution in [0.25, 0.3) is 0 Å². The van der Waals surface area contributed by atoms with E-state index in [0.717, 1.165) is 6.21 Å². The van der Waals surface area contributed by atoms with Crippen molar-refractivity contribution < 1.29 is 38.2 Å². The topological polar surface area (TPSA) is 146 Å². The van der Waals surface area contributed by atoms with E-state index in [1.54, 1.807) is 65.0 Å². The van der Waals surface area contributed by atoms with Gasteiger partial charge in [0.2, 0.25) is 5.78 Å². The van der Waals surface area contributed by atoms with E-state index >= 15 is 0 Å². The number of rotatable bonds is 9. The van der Waals surface area contributed by atoms with E-state index in [2.05, 4.69) is 10.1 Å². The van der Waals surface area contributed by atoms with Gasteiger partial charge in [0, 0.05) is 17.9 Å².